The summed E-state index contributed by atoms with van der Waals surface area (Å²) in [6.07, 6.45) is 0. The summed E-state index contributed by atoms with van der Waals surface area (Å²) in [5, 5.41) is 0. The molecule has 0 N–H and O–H groups in total. The van der Waals surface area contributed by atoms with E-state index in [1.54, 1.807) is 95.3 Å². The molecule has 0 aliphatic heterocycles. The van der Waals surface area contributed by atoms with Gasteiger partial charge < -0.3 is 9.47 Å². The number of ether oxygens (including phenoxy) is 2. The van der Waals surface area contributed by atoms with E-state index in [1.807, 2.05) is 0 Å². The number of rotatable bonds is 15. The summed E-state index contributed by atoms with van der Waals surface area (Å²) in [6.45, 7) is 8.45. The number of methoxy groups -OCH3 is 1. The van der Waals surface area contributed by atoms with Crippen molar-refractivity contribution in [1.29, 1.82) is 0 Å². The lowest BCUT2D eigenvalue weighted by Crippen LogP contribution is -2.38. The molecule has 0 amide bonds. The number of halogens is 2. The summed E-state index contributed by atoms with van der Waals surface area (Å²) in [7, 11) is 1.19. The maximum absolute atomic E-state index is 13.3. The highest BCUT2D eigenvalue weighted by molar-refractivity contribution is 6.11. The van der Waals surface area contributed by atoms with Crippen molar-refractivity contribution in [2.24, 2.45) is 23.7 Å². The molecule has 54 heavy (non-hydrogen) atoms. The van der Waals surface area contributed by atoms with Gasteiger partial charge in [-0.2, -0.15) is 0 Å². The zero-order valence-electron chi connectivity index (χ0n) is 30.6. The highest BCUT2D eigenvalue weighted by atomic mass is 19.1. The van der Waals surface area contributed by atoms with Gasteiger partial charge in [0.15, 0.2) is 23.1 Å². The van der Waals surface area contributed by atoms with Crippen LogP contribution < -0.4 is 0 Å². The number of Topliss-reactive ketones (excluding diaryl/α,β-unsaturated/α-hetero) is 4. The van der Waals surface area contributed by atoms with E-state index in [2.05, 4.69) is 0 Å². The molecule has 4 atom stereocenters. The molecular formula is C44H48F2O8. The van der Waals surface area contributed by atoms with Crippen molar-refractivity contribution in [3.8, 4) is 0 Å². The van der Waals surface area contributed by atoms with E-state index in [9.17, 15) is 37.5 Å². The molecule has 0 fully saturated rings. The first-order valence-electron chi connectivity index (χ1n) is 17.2. The largest absolute Gasteiger partial charge is 0.468 e. The number of ketones is 4. The maximum atomic E-state index is 13.3. The molecule has 4 aromatic carbocycles. The fraction of sp³-hybridized carbons (Fsp3) is 0.318. The number of hydrogen-bond donors (Lipinski definition) is 0. The standard InChI is InChI=1S/C22H23FO4.C21H21FO4.CH4/c1-4-27-22(26)19(20(24)14(2)3)18(15-8-6-5-7-9-15)21(25)16-10-12-17(23)13-11-16;1-13(2)19(23)18(21(25)26-3)17(14-7-5-4-6-8-14)20(24)15-9-11-16(22)12-10-15;/h5-14,18-19H,4H2,1-3H3;4-13,17-18H,1-3H3;1H4. The molecule has 0 aromatic heterocycles. The lowest BCUT2D eigenvalue weighted by Gasteiger charge is -2.25. The zero-order valence-corrected chi connectivity index (χ0v) is 30.6. The molecule has 0 saturated heterocycles. The summed E-state index contributed by atoms with van der Waals surface area (Å²) in [6, 6.07) is 27.4. The second-order valence-corrected chi connectivity index (χ2v) is 12.9. The normalized spacial score (nSPS) is 12.9. The van der Waals surface area contributed by atoms with Crippen LogP contribution in [-0.2, 0) is 28.7 Å². The van der Waals surface area contributed by atoms with Crippen LogP contribution in [0.2, 0.25) is 0 Å². The van der Waals surface area contributed by atoms with E-state index < -0.39 is 70.6 Å². The van der Waals surface area contributed by atoms with Gasteiger partial charge in [-0.3, -0.25) is 28.8 Å². The summed E-state index contributed by atoms with van der Waals surface area (Å²) in [5.74, 6) is -9.51. The van der Waals surface area contributed by atoms with Crippen LogP contribution in [0.25, 0.3) is 0 Å². The molecule has 0 aliphatic carbocycles. The first kappa shape index (κ1) is 44.5. The second-order valence-electron chi connectivity index (χ2n) is 12.9. The Labute approximate surface area is 315 Å². The summed E-state index contributed by atoms with van der Waals surface area (Å²) in [5.41, 5.74) is 1.53. The Hall–Kier alpha value is -5.64. The average Bonchev–Trinajstić information content (AvgIpc) is 3.16. The van der Waals surface area contributed by atoms with Crippen molar-refractivity contribution >= 4 is 35.1 Å². The van der Waals surface area contributed by atoms with Crippen LogP contribution in [0.15, 0.2) is 109 Å². The van der Waals surface area contributed by atoms with Gasteiger partial charge in [0, 0.05) is 23.0 Å². The van der Waals surface area contributed by atoms with E-state index in [4.69, 9.17) is 9.47 Å². The van der Waals surface area contributed by atoms with Crippen LogP contribution in [-0.4, -0.2) is 48.8 Å². The van der Waals surface area contributed by atoms with Crippen LogP contribution in [0, 0.1) is 35.3 Å². The van der Waals surface area contributed by atoms with Gasteiger partial charge in [-0.1, -0.05) is 95.8 Å². The zero-order chi connectivity index (χ0) is 39.2. The fourth-order valence-corrected chi connectivity index (χ4v) is 5.81. The van der Waals surface area contributed by atoms with Gasteiger partial charge in [-0.25, -0.2) is 8.78 Å². The fourth-order valence-electron chi connectivity index (χ4n) is 5.81. The van der Waals surface area contributed by atoms with Gasteiger partial charge >= 0.3 is 11.9 Å². The molecule has 8 nitrogen and oxygen atoms in total. The minimum absolute atomic E-state index is 0. The van der Waals surface area contributed by atoms with E-state index >= 15 is 0 Å². The second kappa shape index (κ2) is 21.2. The number of esters is 2. The van der Waals surface area contributed by atoms with Crippen molar-refractivity contribution in [2.75, 3.05) is 13.7 Å². The van der Waals surface area contributed by atoms with Gasteiger partial charge in [0.2, 0.25) is 0 Å². The van der Waals surface area contributed by atoms with Crippen molar-refractivity contribution in [2.45, 2.75) is 53.9 Å². The smallest absolute Gasteiger partial charge is 0.317 e. The highest BCUT2D eigenvalue weighted by Gasteiger charge is 2.43. The van der Waals surface area contributed by atoms with E-state index in [0.29, 0.717) is 11.1 Å². The summed E-state index contributed by atoms with van der Waals surface area (Å²) in [4.78, 5) is 77.0. The molecule has 4 rings (SSSR count). The molecule has 0 aliphatic rings. The monoisotopic (exact) mass is 742 g/mol. The SMILES string of the molecule is C.CCOC(=O)C(C(=O)C(C)C)C(C(=O)c1ccc(F)cc1)c1ccccc1.COC(=O)C(C(=O)C(C)C)C(C(=O)c1ccc(F)cc1)c1ccccc1. The highest BCUT2D eigenvalue weighted by Crippen LogP contribution is 2.34. The third-order valence-corrected chi connectivity index (χ3v) is 8.55. The molecule has 4 aromatic rings. The van der Waals surface area contributed by atoms with Crippen molar-refractivity contribution in [1.82, 2.24) is 0 Å². The minimum atomic E-state index is -1.26. The van der Waals surface area contributed by atoms with Crippen LogP contribution in [0.5, 0.6) is 0 Å². The molecule has 0 heterocycles. The predicted octanol–water partition coefficient (Wildman–Crippen LogP) is 8.64. The quantitative estimate of drug-likeness (QED) is 0.0675. The Morgan fingerprint density at radius 2 is 0.870 bits per heavy atom. The Kier molecular flexibility index (Phi) is 17.4. The Bertz CT molecular complexity index is 1850. The molecule has 0 radical (unpaired) electrons. The van der Waals surface area contributed by atoms with Crippen LogP contribution in [0.1, 0.15) is 85.7 Å². The Morgan fingerprint density at radius 1 is 0.537 bits per heavy atom. The third kappa shape index (κ3) is 11.4. The van der Waals surface area contributed by atoms with Crippen molar-refractivity contribution < 1.29 is 47.0 Å². The maximum Gasteiger partial charge on any atom is 0.317 e. The predicted molar refractivity (Wildman–Crippen MR) is 202 cm³/mol. The molecule has 286 valence electrons. The molecule has 10 heteroatoms. The number of hydrogen-bond acceptors (Lipinski definition) is 8. The lowest BCUT2D eigenvalue weighted by molar-refractivity contribution is -0.153. The van der Waals surface area contributed by atoms with Gasteiger partial charge in [-0.15, -0.1) is 0 Å². The van der Waals surface area contributed by atoms with E-state index in [-0.39, 0.29) is 36.7 Å². The Balaban J connectivity index is 0.000000367. The Morgan fingerprint density at radius 3 is 1.17 bits per heavy atom. The summed E-state index contributed by atoms with van der Waals surface area (Å²) >= 11 is 0. The van der Waals surface area contributed by atoms with E-state index in [0.717, 1.165) is 0 Å². The number of carbonyl (C=O) groups excluding carboxylic acids is 6. The topological polar surface area (TPSA) is 121 Å². The summed E-state index contributed by atoms with van der Waals surface area (Å²) < 4.78 is 36.4. The molecule has 0 spiro atoms. The molecular weight excluding hydrogens is 694 g/mol. The molecule has 0 bridgehead atoms. The molecule has 0 saturated carbocycles. The van der Waals surface area contributed by atoms with Gasteiger partial charge in [0.05, 0.1) is 25.6 Å². The first-order chi connectivity index (χ1) is 25.2. The minimum Gasteiger partial charge on any atom is -0.468 e. The van der Waals surface area contributed by atoms with Gasteiger partial charge in [-0.05, 0) is 66.6 Å². The third-order valence-electron chi connectivity index (χ3n) is 8.55. The average molecular weight is 743 g/mol. The first-order valence-corrected chi connectivity index (χ1v) is 17.2. The van der Waals surface area contributed by atoms with Crippen molar-refractivity contribution in [3.05, 3.63) is 143 Å². The number of benzene rings is 4. The van der Waals surface area contributed by atoms with Gasteiger partial charge in [0.1, 0.15) is 23.5 Å². The van der Waals surface area contributed by atoms with Crippen LogP contribution in [0.3, 0.4) is 0 Å². The van der Waals surface area contributed by atoms with Gasteiger partial charge in [0.25, 0.3) is 0 Å². The lowest BCUT2D eigenvalue weighted by atomic mass is 9.76. The van der Waals surface area contributed by atoms with Crippen molar-refractivity contribution in [3.63, 3.8) is 0 Å². The van der Waals surface area contributed by atoms with E-state index in [1.165, 1.54) is 55.6 Å². The number of carbonyl (C=O) groups is 6. The molecule has 4 unspecified atom stereocenters. The van der Waals surface area contributed by atoms with Crippen LogP contribution >= 0.6 is 0 Å². The van der Waals surface area contributed by atoms with Crippen LogP contribution in [0.4, 0.5) is 8.78 Å².